The summed E-state index contributed by atoms with van der Waals surface area (Å²) >= 11 is 0. The number of aryl methyl sites for hydroxylation is 1. The molecule has 9 nitrogen and oxygen atoms in total. The van der Waals surface area contributed by atoms with E-state index in [-0.39, 0.29) is 16.5 Å². The van der Waals surface area contributed by atoms with Gasteiger partial charge in [0.05, 0.1) is 16.9 Å². The van der Waals surface area contributed by atoms with Crippen molar-refractivity contribution in [3.05, 3.63) is 58.1 Å². The molecule has 0 bridgehead atoms. The number of anilines is 1. The summed E-state index contributed by atoms with van der Waals surface area (Å²) in [5.74, 6) is 0.808. The first-order valence-corrected chi connectivity index (χ1v) is 11.7. The fourth-order valence-corrected chi connectivity index (χ4v) is 4.19. The summed E-state index contributed by atoms with van der Waals surface area (Å²) in [5.41, 5.74) is 1.17. The minimum atomic E-state index is -3.54. The van der Waals surface area contributed by atoms with E-state index in [0.29, 0.717) is 44.7 Å². The second kappa shape index (κ2) is 9.34. The molecule has 0 saturated carbocycles. The number of nitro groups is 1. The van der Waals surface area contributed by atoms with Crippen molar-refractivity contribution in [3.8, 4) is 5.75 Å². The number of rotatable bonds is 7. The van der Waals surface area contributed by atoms with E-state index in [2.05, 4.69) is 0 Å². The lowest BCUT2D eigenvalue weighted by atomic mass is 10.1. The van der Waals surface area contributed by atoms with E-state index < -0.39 is 14.8 Å². The van der Waals surface area contributed by atoms with Crippen LogP contribution in [0, 0.1) is 10.1 Å². The topological polar surface area (TPSA) is 110 Å². The average Bonchev–Trinajstić information content (AvgIpc) is 2.77. The van der Waals surface area contributed by atoms with Gasteiger partial charge in [0.25, 0.3) is 5.69 Å². The molecular weight excluding hydrogens is 422 g/mol. The highest BCUT2D eigenvalue weighted by atomic mass is 32.2. The smallest absolute Gasteiger partial charge is 0.293 e. The van der Waals surface area contributed by atoms with Crippen LogP contribution >= 0.6 is 0 Å². The minimum absolute atomic E-state index is 0.0393. The molecule has 0 aromatic heterocycles. The first kappa shape index (κ1) is 22.5. The van der Waals surface area contributed by atoms with E-state index in [1.54, 1.807) is 12.0 Å². The lowest BCUT2D eigenvalue weighted by molar-refractivity contribution is -0.384. The van der Waals surface area contributed by atoms with Crippen molar-refractivity contribution in [1.29, 1.82) is 0 Å². The Morgan fingerprint density at radius 2 is 1.74 bits per heavy atom. The van der Waals surface area contributed by atoms with Crippen LogP contribution in [0.3, 0.4) is 0 Å². The van der Waals surface area contributed by atoms with Crippen LogP contribution in [0.2, 0.25) is 0 Å². The third-order valence-corrected chi connectivity index (χ3v) is 6.44. The minimum Gasteiger partial charge on any atom is -0.497 e. The number of carbonyl (C=O) groups is 1. The number of piperazine rings is 1. The molecule has 1 aliphatic heterocycles. The molecule has 1 amide bonds. The molecule has 2 aromatic carbocycles. The first-order valence-electron chi connectivity index (χ1n) is 9.83. The van der Waals surface area contributed by atoms with Crippen LogP contribution in [0.5, 0.6) is 5.75 Å². The Kier molecular flexibility index (Phi) is 6.79. The Morgan fingerprint density at radius 1 is 1.10 bits per heavy atom. The number of sulfone groups is 1. The lowest BCUT2D eigenvalue weighted by Crippen LogP contribution is -2.49. The van der Waals surface area contributed by atoms with Gasteiger partial charge in [0.15, 0.2) is 9.84 Å². The highest BCUT2D eigenvalue weighted by Gasteiger charge is 2.27. The van der Waals surface area contributed by atoms with Crippen LogP contribution in [0.15, 0.2) is 47.4 Å². The average molecular weight is 448 g/mol. The van der Waals surface area contributed by atoms with Crippen molar-refractivity contribution in [2.45, 2.75) is 17.7 Å². The Bertz CT molecular complexity index is 1060. The van der Waals surface area contributed by atoms with Crippen molar-refractivity contribution in [2.75, 3.05) is 44.4 Å². The molecule has 1 heterocycles. The first-order chi connectivity index (χ1) is 14.7. The third kappa shape index (κ3) is 5.52. The number of benzene rings is 2. The van der Waals surface area contributed by atoms with Crippen LogP contribution in [-0.4, -0.2) is 63.7 Å². The van der Waals surface area contributed by atoms with Gasteiger partial charge in [-0.25, -0.2) is 8.42 Å². The molecule has 2 aromatic rings. The van der Waals surface area contributed by atoms with E-state index in [1.165, 1.54) is 12.1 Å². The summed E-state index contributed by atoms with van der Waals surface area (Å²) in [6, 6.07) is 11.5. The van der Waals surface area contributed by atoms with Gasteiger partial charge in [0.2, 0.25) is 5.91 Å². The van der Waals surface area contributed by atoms with E-state index in [4.69, 9.17) is 4.74 Å². The van der Waals surface area contributed by atoms with Crippen molar-refractivity contribution in [2.24, 2.45) is 0 Å². The molecule has 31 heavy (non-hydrogen) atoms. The molecule has 1 saturated heterocycles. The van der Waals surface area contributed by atoms with Crippen LogP contribution in [0.25, 0.3) is 0 Å². The van der Waals surface area contributed by atoms with Gasteiger partial charge < -0.3 is 14.5 Å². The van der Waals surface area contributed by atoms with Gasteiger partial charge in [0.1, 0.15) is 11.4 Å². The maximum Gasteiger partial charge on any atom is 0.293 e. The predicted octanol–water partition coefficient (Wildman–Crippen LogP) is 2.29. The fourth-order valence-electron chi connectivity index (χ4n) is 3.55. The standard InChI is InChI=1S/C21H25N3O6S/c1-30-17-6-3-16(4-7-17)5-10-21(25)23-13-11-22(12-14-23)19-9-8-18(31(2,28)29)15-20(19)24(26)27/h3-4,6-9,15H,5,10-14H2,1-2H3. The normalized spacial score (nSPS) is 14.4. The molecule has 166 valence electrons. The van der Waals surface area contributed by atoms with Crippen molar-refractivity contribution in [1.82, 2.24) is 4.90 Å². The van der Waals surface area contributed by atoms with E-state index in [0.717, 1.165) is 23.6 Å². The Balaban J connectivity index is 1.61. The Morgan fingerprint density at radius 3 is 2.29 bits per heavy atom. The second-order valence-electron chi connectivity index (χ2n) is 7.40. The van der Waals surface area contributed by atoms with Gasteiger partial charge in [-0.15, -0.1) is 0 Å². The van der Waals surface area contributed by atoms with Gasteiger partial charge in [-0.1, -0.05) is 12.1 Å². The molecular formula is C21H25N3O6S. The molecule has 0 atom stereocenters. The zero-order valence-electron chi connectivity index (χ0n) is 17.5. The van der Waals surface area contributed by atoms with Crippen LogP contribution < -0.4 is 9.64 Å². The summed E-state index contributed by atoms with van der Waals surface area (Å²) in [5, 5.41) is 11.5. The third-order valence-electron chi connectivity index (χ3n) is 5.33. The van der Waals surface area contributed by atoms with Crippen LogP contribution in [0.1, 0.15) is 12.0 Å². The summed E-state index contributed by atoms with van der Waals surface area (Å²) in [6.45, 7) is 1.78. The van der Waals surface area contributed by atoms with Gasteiger partial charge >= 0.3 is 0 Å². The molecule has 0 N–H and O–H groups in total. The fraction of sp³-hybridized carbons (Fsp3) is 0.381. The number of hydrogen-bond donors (Lipinski definition) is 0. The lowest BCUT2D eigenvalue weighted by Gasteiger charge is -2.36. The monoisotopic (exact) mass is 447 g/mol. The number of hydrogen-bond acceptors (Lipinski definition) is 7. The second-order valence-corrected chi connectivity index (χ2v) is 9.41. The number of nitro benzene ring substituents is 1. The zero-order chi connectivity index (χ0) is 22.6. The zero-order valence-corrected chi connectivity index (χ0v) is 18.3. The molecule has 0 aliphatic carbocycles. The molecule has 10 heteroatoms. The SMILES string of the molecule is COc1ccc(CCC(=O)N2CCN(c3ccc(S(C)(=O)=O)cc3[N+](=O)[O-])CC2)cc1. The number of methoxy groups -OCH3 is 1. The highest BCUT2D eigenvalue weighted by Crippen LogP contribution is 2.31. The summed E-state index contributed by atoms with van der Waals surface area (Å²) in [7, 11) is -1.94. The summed E-state index contributed by atoms with van der Waals surface area (Å²) in [6.07, 6.45) is 2.03. The van der Waals surface area contributed by atoms with Crippen LogP contribution in [0.4, 0.5) is 11.4 Å². The predicted molar refractivity (Wildman–Crippen MR) is 116 cm³/mol. The highest BCUT2D eigenvalue weighted by molar-refractivity contribution is 7.90. The molecule has 0 radical (unpaired) electrons. The van der Waals surface area contributed by atoms with Crippen molar-refractivity contribution >= 4 is 27.1 Å². The number of amides is 1. The van der Waals surface area contributed by atoms with E-state index in [9.17, 15) is 23.3 Å². The summed E-state index contributed by atoms with van der Waals surface area (Å²) in [4.78, 5) is 27.0. The molecule has 1 aliphatic rings. The summed E-state index contributed by atoms with van der Waals surface area (Å²) < 4.78 is 28.6. The van der Waals surface area contributed by atoms with Crippen molar-refractivity contribution < 1.29 is 22.9 Å². The maximum absolute atomic E-state index is 12.6. The van der Waals surface area contributed by atoms with Crippen LogP contribution in [-0.2, 0) is 21.1 Å². The van der Waals surface area contributed by atoms with Gasteiger partial charge in [-0.05, 0) is 36.2 Å². The van der Waals surface area contributed by atoms with E-state index in [1.807, 2.05) is 29.2 Å². The molecule has 1 fully saturated rings. The quantitative estimate of drug-likeness (QED) is 0.473. The van der Waals surface area contributed by atoms with E-state index >= 15 is 0 Å². The Hall–Kier alpha value is -3.14. The number of nitrogens with zero attached hydrogens (tertiary/aromatic N) is 3. The maximum atomic E-state index is 12.6. The molecule has 0 unspecified atom stereocenters. The van der Waals surface area contributed by atoms with Gasteiger partial charge in [0, 0.05) is 44.9 Å². The van der Waals surface area contributed by atoms with Gasteiger partial charge in [-0.3, -0.25) is 14.9 Å². The number of ether oxygens (including phenoxy) is 1. The molecule has 3 rings (SSSR count). The number of carbonyl (C=O) groups excluding carboxylic acids is 1. The molecule has 0 spiro atoms. The largest absolute Gasteiger partial charge is 0.497 e. The Labute approximate surface area is 181 Å². The van der Waals surface area contributed by atoms with Crippen molar-refractivity contribution in [3.63, 3.8) is 0 Å². The van der Waals surface area contributed by atoms with Gasteiger partial charge in [-0.2, -0.15) is 0 Å².